The van der Waals surface area contributed by atoms with Gasteiger partial charge in [-0.25, -0.2) is 4.39 Å². The van der Waals surface area contributed by atoms with E-state index in [1.165, 1.54) is 24.3 Å². The molecule has 4 N–H and O–H groups in total. The van der Waals surface area contributed by atoms with Crippen LogP contribution in [0.4, 0.5) is 10.1 Å². The first-order chi connectivity index (χ1) is 12.9. The Morgan fingerprint density at radius 3 is 2.07 bits per heavy atom. The van der Waals surface area contributed by atoms with Crippen LogP contribution in [0.2, 0.25) is 0 Å². The maximum absolute atomic E-state index is 12.9. The van der Waals surface area contributed by atoms with Gasteiger partial charge in [0.15, 0.2) is 0 Å². The first kappa shape index (κ1) is 23.6. The zero-order valence-electron chi connectivity index (χ0n) is 16.1. The van der Waals surface area contributed by atoms with Crippen molar-refractivity contribution in [2.45, 2.75) is 33.2 Å². The van der Waals surface area contributed by atoms with Crippen LogP contribution >= 0.6 is 12.4 Å². The summed E-state index contributed by atoms with van der Waals surface area (Å²) in [7, 11) is 0. The standard InChI is InChI=1S/C21H26FN3O2.ClH/c1-3-21(4-2,14-23)20(27)24-13-15-5-7-16(8-6-15)19(26)25-18-11-9-17(22)10-12-18;/h5-12H,3-4,13-14,23H2,1-2H3,(H,24,27)(H,25,26);1H. The highest BCUT2D eigenvalue weighted by Crippen LogP contribution is 2.25. The van der Waals surface area contributed by atoms with E-state index in [2.05, 4.69) is 10.6 Å². The Balaban J connectivity index is 0.00000392. The molecule has 2 amide bonds. The summed E-state index contributed by atoms with van der Waals surface area (Å²) >= 11 is 0. The molecule has 2 aromatic rings. The third-order valence-electron chi connectivity index (χ3n) is 5.00. The van der Waals surface area contributed by atoms with Crippen LogP contribution in [0.3, 0.4) is 0 Å². The second kappa shape index (κ2) is 10.8. The fourth-order valence-corrected chi connectivity index (χ4v) is 2.83. The molecule has 0 saturated carbocycles. The summed E-state index contributed by atoms with van der Waals surface area (Å²) in [5.41, 5.74) is 7.16. The number of carbonyl (C=O) groups is 2. The summed E-state index contributed by atoms with van der Waals surface area (Å²) in [5.74, 6) is -0.686. The molecule has 0 aliphatic carbocycles. The van der Waals surface area contributed by atoms with Crippen LogP contribution in [-0.4, -0.2) is 18.4 Å². The molecule has 0 bridgehead atoms. The van der Waals surface area contributed by atoms with Gasteiger partial charge in [0.1, 0.15) is 5.82 Å². The van der Waals surface area contributed by atoms with Crippen molar-refractivity contribution in [3.63, 3.8) is 0 Å². The summed E-state index contributed by atoms with van der Waals surface area (Å²) in [5, 5.41) is 5.64. The molecule has 0 saturated heterocycles. The van der Waals surface area contributed by atoms with Gasteiger partial charge in [-0.05, 0) is 54.8 Å². The SMILES string of the molecule is CCC(CC)(CN)C(=O)NCc1ccc(C(=O)Nc2ccc(F)cc2)cc1.Cl. The lowest BCUT2D eigenvalue weighted by Crippen LogP contribution is -2.45. The van der Waals surface area contributed by atoms with E-state index in [0.29, 0.717) is 37.2 Å². The van der Waals surface area contributed by atoms with E-state index >= 15 is 0 Å². The van der Waals surface area contributed by atoms with Crippen LogP contribution in [0.1, 0.15) is 42.6 Å². The molecule has 5 nitrogen and oxygen atoms in total. The first-order valence-corrected chi connectivity index (χ1v) is 9.08. The largest absolute Gasteiger partial charge is 0.352 e. The normalized spacial score (nSPS) is 10.7. The van der Waals surface area contributed by atoms with Gasteiger partial charge >= 0.3 is 0 Å². The first-order valence-electron chi connectivity index (χ1n) is 9.08. The second-order valence-electron chi connectivity index (χ2n) is 6.53. The summed E-state index contributed by atoms with van der Waals surface area (Å²) in [6, 6.07) is 12.5. The van der Waals surface area contributed by atoms with E-state index in [4.69, 9.17) is 5.73 Å². The maximum atomic E-state index is 12.9. The summed E-state index contributed by atoms with van der Waals surface area (Å²) < 4.78 is 12.9. The molecule has 2 rings (SSSR count). The van der Waals surface area contributed by atoms with Crippen molar-refractivity contribution in [1.29, 1.82) is 0 Å². The van der Waals surface area contributed by atoms with Gasteiger partial charge in [-0.3, -0.25) is 9.59 Å². The quantitative estimate of drug-likeness (QED) is 0.620. The van der Waals surface area contributed by atoms with E-state index in [0.717, 1.165) is 5.56 Å². The average Bonchev–Trinajstić information content (AvgIpc) is 2.70. The van der Waals surface area contributed by atoms with Crippen LogP contribution in [0.15, 0.2) is 48.5 Å². The predicted octanol–water partition coefficient (Wildman–Crippen LogP) is 3.88. The molecule has 0 aromatic heterocycles. The number of carbonyl (C=O) groups excluding carboxylic acids is 2. The highest BCUT2D eigenvalue weighted by Gasteiger charge is 2.32. The molecule has 7 heteroatoms. The van der Waals surface area contributed by atoms with E-state index < -0.39 is 5.41 Å². The highest BCUT2D eigenvalue weighted by atomic mass is 35.5. The highest BCUT2D eigenvalue weighted by molar-refractivity contribution is 6.04. The molecule has 0 atom stereocenters. The molecular formula is C21H27ClFN3O2. The topological polar surface area (TPSA) is 84.2 Å². The fraction of sp³-hybridized carbons (Fsp3) is 0.333. The Hall–Kier alpha value is -2.44. The van der Waals surface area contributed by atoms with E-state index in [-0.39, 0.29) is 30.0 Å². The Morgan fingerprint density at radius 2 is 1.57 bits per heavy atom. The number of nitrogens with two attached hydrogens (primary N) is 1. The van der Waals surface area contributed by atoms with Crippen LogP contribution < -0.4 is 16.4 Å². The number of hydrogen-bond acceptors (Lipinski definition) is 3. The van der Waals surface area contributed by atoms with Crippen LogP contribution in [0.25, 0.3) is 0 Å². The van der Waals surface area contributed by atoms with Gasteiger partial charge < -0.3 is 16.4 Å². The van der Waals surface area contributed by atoms with Crippen molar-refractivity contribution in [1.82, 2.24) is 5.32 Å². The molecule has 152 valence electrons. The number of hydrogen-bond donors (Lipinski definition) is 3. The maximum Gasteiger partial charge on any atom is 0.255 e. The lowest BCUT2D eigenvalue weighted by atomic mass is 9.81. The number of amides is 2. The smallest absolute Gasteiger partial charge is 0.255 e. The van der Waals surface area contributed by atoms with Gasteiger partial charge in [0, 0.05) is 24.3 Å². The Kier molecular flexibility index (Phi) is 9.09. The second-order valence-corrected chi connectivity index (χ2v) is 6.53. The summed E-state index contributed by atoms with van der Waals surface area (Å²) in [6.45, 7) is 4.61. The fourth-order valence-electron chi connectivity index (χ4n) is 2.83. The molecule has 28 heavy (non-hydrogen) atoms. The molecule has 0 radical (unpaired) electrons. The van der Waals surface area contributed by atoms with E-state index in [1.807, 2.05) is 13.8 Å². The van der Waals surface area contributed by atoms with Crippen LogP contribution in [0.5, 0.6) is 0 Å². The molecule has 0 spiro atoms. The monoisotopic (exact) mass is 407 g/mol. The van der Waals surface area contributed by atoms with Gasteiger partial charge in [-0.15, -0.1) is 12.4 Å². The van der Waals surface area contributed by atoms with Crippen molar-refractivity contribution in [2.75, 3.05) is 11.9 Å². The average molecular weight is 408 g/mol. The molecular weight excluding hydrogens is 381 g/mol. The number of benzene rings is 2. The zero-order valence-corrected chi connectivity index (χ0v) is 16.9. The van der Waals surface area contributed by atoms with E-state index in [1.54, 1.807) is 24.3 Å². The molecule has 0 aliphatic heterocycles. The Morgan fingerprint density at radius 1 is 1.00 bits per heavy atom. The minimum absolute atomic E-state index is 0. The van der Waals surface area contributed by atoms with Gasteiger partial charge in [-0.2, -0.15) is 0 Å². The van der Waals surface area contributed by atoms with Crippen LogP contribution in [-0.2, 0) is 11.3 Å². The van der Waals surface area contributed by atoms with Crippen molar-refractivity contribution in [3.05, 3.63) is 65.5 Å². The van der Waals surface area contributed by atoms with Gasteiger partial charge in [-0.1, -0.05) is 26.0 Å². The van der Waals surface area contributed by atoms with Crippen LogP contribution in [0, 0.1) is 11.2 Å². The lowest BCUT2D eigenvalue weighted by Gasteiger charge is -2.28. The summed E-state index contributed by atoms with van der Waals surface area (Å²) in [6.07, 6.45) is 1.38. The lowest BCUT2D eigenvalue weighted by molar-refractivity contribution is -0.131. The van der Waals surface area contributed by atoms with Gasteiger partial charge in [0.05, 0.1) is 5.41 Å². The van der Waals surface area contributed by atoms with Gasteiger partial charge in [0.25, 0.3) is 5.91 Å². The number of halogens is 2. The number of rotatable bonds is 8. The Labute approximate surface area is 171 Å². The molecule has 0 fully saturated rings. The van der Waals surface area contributed by atoms with Crippen molar-refractivity contribution < 1.29 is 14.0 Å². The minimum atomic E-state index is -0.533. The number of nitrogens with one attached hydrogen (secondary N) is 2. The minimum Gasteiger partial charge on any atom is -0.352 e. The van der Waals surface area contributed by atoms with Crippen molar-refractivity contribution >= 4 is 29.9 Å². The Bertz CT molecular complexity index is 767. The molecule has 0 heterocycles. The molecule has 0 unspecified atom stereocenters. The van der Waals surface area contributed by atoms with Gasteiger partial charge in [0.2, 0.25) is 5.91 Å². The van der Waals surface area contributed by atoms with Crippen molar-refractivity contribution in [3.8, 4) is 0 Å². The number of anilines is 1. The van der Waals surface area contributed by atoms with Crippen molar-refractivity contribution in [2.24, 2.45) is 11.1 Å². The summed E-state index contributed by atoms with van der Waals surface area (Å²) in [4.78, 5) is 24.7. The predicted molar refractivity (Wildman–Crippen MR) is 112 cm³/mol. The zero-order chi connectivity index (χ0) is 19.9. The third-order valence-corrected chi connectivity index (χ3v) is 5.00. The van der Waals surface area contributed by atoms with E-state index in [9.17, 15) is 14.0 Å². The molecule has 2 aromatic carbocycles. The third kappa shape index (κ3) is 5.78. The molecule has 0 aliphatic rings.